The van der Waals surface area contributed by atoms with Gasteiger partial charge >= 0.3 is 0 Å². The summed E-state index contributed by atoms with van der Waals surface area (Å²) in [7, 11) is 0. The number of nitro benzene ring substituents is 1. The summed E-state index contributed by atoms with van der Waals surface area (Å²) in [4.78, 5) is 24.5. The number of nitro groups is 1. The van der Waals surface area contributed by atoms with Gasteiger partial charge in [-0.1, -0.05) is 0 Å². The Labute approximate surface area is 117 Å². The summed E-state index contributed by atoms with van der Waals surface area (Å²) in [5, 5.41) is 13.9. The van der Waals surface area contributed by atoms with Crippen LogP contribution in [0.3, 0.4) is 0 Å². The summed E-state index contributed by atoms with van der Waals surface area (Å²) in [6.07, 6.45) is 0.447. The maximum Gasteiger partial charge on any atom is 0.269 e. The molecule has 1 aromatic rings. The standard InChI is InChI=1S/C14H19N3O3/c1-11-10-15-7-9-16(11)8-6-14(18)12-2-4-13(5-3-12)17(19)20/h2-5,11,15H,6-10H2,1H3. The van der Waals surface area contributed by atoms with Gasteiger partial charge in [0.1, 0.15) is 0 Å². The van der Waals surface area contributed by atoms with E-state index in [0.29, 0.717) is 18.0 Å². The molecule has 0 amide bonds. The largest absolute Gasteiger partial charge is 0.314 e. The van der Waals surface area contributed by atoms with E-state index in [1.54, 1.807) is 0 Å². The topological polar surface area (TPSA) is 75.5 Å². The highest BCUT2D eigenvalue weighted by molar-refractivity contribution is 5.96. The molecule has 0 radical (unpaired) electrons. The van der Waals surface area contributed by atoms with E-state index in [9.17, 15) is 14.9 Å². The van der Waals surface area contributed by atoms with Crippen molar-refractivity contribution in [1.82, 2.24) is 10.2 Å². The predicted octanol–water partition coefficient (Wildman–Crippen LogP) is 1.46. The average molecular weight is 277 g/mol. The van der Waals surface area contributed by atoms with Crippen LogP contribution < -0.4 is 5.32 Å². The van der Waals surface area contributed by atoms with Gasteiger partial charge in [0.05, 0.1) is 4.92 Å². The van der Waals surface area contributed by atoms with E-state index in [-0.39, 0.29) is 11.5 Å². The number of carbonyl (C=O) groups excluding carboxylic acids is 1. The zero-order valence-corrected chi connectivity index (χ0v) is 11.5. The molecular weight excluding hydrogens is 258 g/mol. The van der Waals surface area contributed by atoms with Crippen LogP contribution in [0, 0.1) is 10.1 Å². The quantitative estimate of drug-likeness (QED) is 0.501. The summed E-state index contributed by atoms with van der Waals surface area (Å²) in [5.41, 5.74) is 0.552. The molecule has 2 rings (SSSR count). The van der Waals surface area contributed by atoms with Gasteiger partial charge in [-0.3, -0.25) is 19.8 Å². The van der Waals surface area contributed by atoms with Crippen LogP contribution >= 0.6 is 0 Å². The number of Topliss-reactive ketones (excluding diaryl/α,β-unsaturated/α-hetero) is 1. The molecule has 1 fully saturated rings. The van der Waals surface area contributed by atoms with Gasteiger partial charge in [0.2, 0.25) is 0 Å². The van der Waals surface area contributed by atoms with Crippen molar-refractivity contribution in [2.75, 3.05) is 26.2 Å². The molecule has 0 spiro atoms. The van der Waals surface area contributed by atoms with Crippen LogP contribution in [-0.4, -0.2) is 47.8 Å². The molecule has 1 saturated heterocycles. The zero-order valence-electron chi connectivity index (χ0n) is 11.5. The normalized spacial score (nSPS) is 19.8. The molecule has 108 valence electrons. The monoisotopic (exact) mass is 277 g/mol. The van der Waals surface area contributed by atoms with Crippen molar-refractivity contribution < 1.29 is 9.72 Å². The van der Waals surface area contributed by atoms with E-state index in [4.69, 9.17) is 0 Å². The number of hydrogen-bond donors (Lipinski definition) is 1. The van der Waals surface area contributed by atoms with Gasteiger partial charge in [-0.2, -0.15) is 0 Å². The maximum absolute atomic E-state index is 12.1. The van der Waals surface area contributed by atoms with Crippen molar-refractivity contribution >= 4 is 11.5 Å². The Balaban J connectivity index is 1.89. The summed E-state index contributed by atoms with van der Waals surface area (Å²) >= 11 is 0. The predicted molar refractivity (Wildman–Crippen MR) is 75.9 cm³/mol. The average Bonchev–Trinajstić information content (AvgIpc) is 2.46. The van der Waals surface area contributed by atoms with E-state index in [1.807, 2.05) is 0 Å². The first-order chi connectivity index (χ1) is 9.58. The van der Waals surface area contributed by atoms with Crippen molar-refractivity contribution in [1.29, 1.82) is 0 Å². The number of ketones is 1. The minimum absolute atomic E-state index is 0.0114. The van der Waals surface area contributed by atoms with E-state index in [2.05, 4.69) is 17.1 Å². The molecular formula is C14H19N3O3. The Hall–Kier alpha value is -1.79. The molecule has 1 heterocycles. The molecule has 1 aliphatic rings. The Morgan fingerprint density at radius 1 is 1.45 bits per heavy atom. The Morgan fingerprint density at radius 2 is 2.15 bits per heavy atom. The molecule has 0 bridgehead atoms. The number of rotatable bonds is 5. The van der Waals surface area contributed by atoms with Gasteiger partial charge in [-0.15, -0.1) is 0 Å². The fourth-order valence-electron chi connectivity index (χ4n) is 2.37. The fourth-order valence-corrected chi connectivity index (χ4v) is 2.37. The Kier molecular flexibility index (Phi) is 4.81. The maximum atomic E-state index is 12.1. The molecule has 6 nitrogen and oxygen atoms in total. The lowest BCUT2D eigenvalue weighted by Gasteiger charge is -2.33. The smallest absolute Gasteiger partial charge is 0.269 e. The van der Waals surface area contributed by atoms with Gasteiger partial charge in [-0.25, -0.2) is 0 Å². The third-order valence-corrected chi connectivity index (χ3v) is 3.67. The van der Waals surface area contributed by atoms with Gasteiger partial charge < -0.3 is 5.32 Å². The highest BCUT2D eigenvalue weighted by Crippen LogP contribution is 2.14. The summed E-state index contributed by atoms with van der Waals surface area (Å²) in [5.74, 6) is 0.0330. The van der Waals surface area contributed by atoms with Crippen molar-refractivity contribution in [2.24, 2.45) is 0 Å². The lowest BCUT2D eigenvalue weighted by atomic mass is 10.1. The van der Waals surface area contributed by atoms with Gasteiger partial charge in [0, 0.05) is 56.3 Å². The molecule has 1 unspecified atom stereocenters. The highest BCUT2D eigenvalue weighted by atomic mass is 16.6. The van der Waals surface area contributed by atoms with E-state index < -0.39 is 4.92 Å². The van der Waals surface area contributed by atoms with Crippen molar-refractivity contribution in [3.05, 3.63) is 39.9 Å². The highest BCUT2D eigenvalue weighted by Gasteiger charge is 2.18. The number of carbonyl (C=O) groups is 1. The van der Waals surface area contributed by atoms with Gasteiger partial charge in [0.15, 0.2) is 5.78 Å². The number of benzene rings is 1. The van der Waals surface area contributed by atoms with E-state index in [1.165, 1.54) is 24.3 Å². The minimum Gasteiger partial charge on any atom is -0.314 e. The van der Waals surface area contributed by atoms with Crippen LogP contribution in [-0.2, 0) is 0 Å². The van der Waals surface area contributed by atoms with E-state index in [0.717, 1.165) is 26.2 Å². The first-order valence-electron chi connectivity index (χ1n) is 6.80. The first-order valence-corrected chi connectivity index (χ1v) is 6.80. The third-order valence-electron chi connectivity index (χ3n) is 3.67. The van der Waals surface area contributed by atoms with Crippen LogP contribution in [0.2, 0.25) is 0 Å². The number of nitrogens with one attached hydrogen (secondary N) is 1. The number of nitrogens with zero attached hydrogens (tertiary/aromatic N) is 2. The number of piperazine rings is 1. The van der Waals surface area contributed by atoms with Crippen LogP contribution in [0.4, 0.5) is 5.69 Å². The lowest BCUT2D eigenvalue weighted by Crippen LogP contribution is -2.50. The van der Waals surface area contributed by atoms with E-state index >= 15 is 0 Å². The summed E-state index contributed by atoms with van der Waals surface area (Å²) in [6, 6.07) is 6.25. The van der Waals surface area contributed by atoms with Gasteiger partial charge in [-0.05, 0) is 19.1 Å². The fraction of sp³-hybridized carbons (Fsp3) is 0.500. The number of non-ortho nitro benzene ring substituents is 1. The molecule has 1 N–H and O–H groups in total. The molecule has 0 saturated carbocycles. The van der Waals surface area contributed by atoms with Gasteiger partial charge in [0.25, 0.3) is 5.69 Å². The summed E-state index contributed by atoms with van der Waals surface area (Å²) in [6.45, 7) is 5.73. The summed E-state index contributed by atoms with van der Waals surface area (Å²) < 4.78 is 0. The molecule has 6 heteroatoms. The molecule has 20 heavy (non-hydrogen) atoms. The van der Waals surface area contributed by atoms with Crippen LogP contribution in [0.15, 0.2) is 24.3 Å². The Bertz CT molecular complexity index is 487. The number of hydrogen-bond acceptors (Lipinski definition) is 5. The van der Waals surface area contributed by atoms with Crippen molar-refractivity contribution in [2.45, 2.75) is 19.4 Å². The molecule has 1 atom stereocenters. The molecule has 0 aliphatic carbocycles. The van der Waals surface area contributed by atoms with Crippen LogP contribution in [0.1, 0.15) is 23.7 Å². The minimum atomic E-state index is -0.462. The van der Waals surface area contributed by atoms with Crippen molar-refractivity contribution in [3.63, 3.8) is 0 Å². The third kappa shape index (κ3) is 3.61. The SMILES string of the molecule is CC1CNCCN1CCC(=O)c1ccc([N+](=O)[O-])cc1. The second-order valence-corrected chi connectivity index (χ2v) is 5.07. The second-order valence-electron chi connectivity index (χ2n) is 5.07. The van der Waals surface area contributed by atoms with Crippen molar-refractivity contribution in [3.8, 4) is 0 Å². The zero-order chi connectivity index (χ0) is 14.5. The molecule has 1 aliphatic heterocycles. The van der Waals surface area contributed by atoms with Crippen LogP contribution in [0.5, 0.6) is 0 Å². The first kappa shape index (κ1) is 14.6. The lowest BCUT2D eigenvalue weighted by molar-refractivity contribution is -0.384. The molecule has 0 aromatic heterocycles. The molecule has 1 aromatic carbocycles. The second kappa shape index (κ2) is 6.58. The van der Waals surface area contributed by atoms with Crippen LogP contribution in [0.25, 0.3) is 0 Å². The Morgan fingerprint density at radius 3 is 2.75 bits per heavy atom.